The first kappa shape index (κ1) is 19.9. The largest absolute Gasteiger partial charge is 0.493 e. The van der Waals surface area contributed by atoms with Gasteiger partial charge in [-0.05, 0) is 42.9 Å². The molecule has 2 aromatic rings. The van der Waals surface area contributed by atoms with Crippen LogP contribution in [0.15, 0.2) is 30.3 Å². The summed E-state index contributed by atoms with van der Waals surface area (Å²) in [4.78, 5) is 25.1. The van der Waals surface area contributed by atoms with Gasteiger partial charge in [-0.3, -0.25) is 9.59 Å². The fourth-order valence-corrected chi connectivity index (χ4v) is 4.48. The summed E-state index contributed by atoms with van der Waals surface area (Å²) in [6.07, 6.45) is 2.90. The number of fused-ring (bicyclic) bond motifs is 1. The molecule has 0 unspecified atom stereocenters. The molecule has 146 valence electrons. The molecule has 7 heteroatoms. The maximum Gasteiger partial charge on any atom is 0.309 e. The van der Waals surface area contributed by atoms with Crippen molar-refractivity contribution in [3.8, 4) is 11.8 Å². The normalized spacial score (nSPS) is 15.2. The van der Waals surface area contributed by atoms with Crippen LogP contribution in [0.25, 0.3) is 0 Å². The molecule has 28 heavy (non-hydrogen) atoms. The minimum atomic E-state index is -0.508. The summed E-state index contributed by atoms with van der Waals surface area (Å²) in [5.41, 5.74) is 1.60. The van der Waals surface area contributed by atoms with E-state index in [9.17, 15) is 14.9 Å². The molecule has 1 N–H and O–H groups in total. The second-order valence-corrected chi connectivity index (χ2v) is 7.89. The van der Waals surface area contributed by atoms with Gasteiger partial charge >= 0.3 is 5.97 Å². The van der Waals surface area contributed by atoms with Gasteiger partial charge in [-0.2, -0.15) is 5.26 Å². The Kier molecular flexibility index (Phi) is 6.66. The van der Waals surface area contributed by atoms with Gasteiger partial charge in [0.15, 0.2) is 6.61 Å². The predicted octanol–water partition coefficient (Wildman–Crippen LogP) is 3.70. The molecule has 0 bridgehead atoms. The van der Waals surface area contributed by atoms with E-state index in [0.29, 0.717) is 22.2 Å². The lowest BCUT2D eigenvalue weighted by Crippen LogP contribution is -2.21. The number of para-hydroxylation sites is 1. The number of hydrogen-bond acceptors (Lipinski definition) is 6. The molecule has 1 aromatic carbocycles. The highest BCUT2D eigenvalue weighted by molar-refractivity contribution is 7.16. The number of thiophene rings is 1. The highest BCUT2D eigenvalue weighted by Crippen LogP contribution is 2.39. The zero-order valence-electron chi connectivity index (χ0n) is 15.7. The van der Waals surface area contributed by atoms with Gasteiger partial charge in [-0.15, -0.1) is 11.3 Å². The first-order valence-electron chi connectivity index (χ1n) is 9.24. The molecule has 1 heterocycles. The number of nitrogens with one attached hydrogen (secondary N) is 1. The Labute approximate surface area is 168 Å². The Morgan fingerprint density at radius 1 is 1.32 bits per heavy atom. The second-order valence-electron chi connectivity index (χ2n) is 6.79. The number of hydrogen-bond donors (Lipinski definition) is 1. The number of nitriles is 1. The van der Waals surface area contributed by atoms with E-state index in [4.69, 9.17) is 9.47 Å². The fraction of sp³-hybridized carbons (Fsp3) is 0.381. The van der Waals surface area contributed by atoms with Gasteiger partial charge in [0.05, 0.1) is 18.6 Å². The molecular formula is C21H22N2O4S. The predicted molar refractivity (Wildman–Crippen MR) is 106 cm³/mol. The van der Waals surface area contributed by atoms with Crippen LogP contribution in [0.5, 0.6) is 5.75 Å². The van der Waals surface area contributed by atoms with Gasteiger partial charge in [0.25, 0.3) is 5.91 Å². The molecule has 1 aliphatic carbocycles. The number of carbonyl (C=O) groups is 2. The van der Waals surface area contributed by atoms with Gasteiger partial charge in [-0.25, -0.2) is 0 Å². The minimum Gasteiger partial charge on any atom is -0.493 e. The average Bonchev–Trinajstić information content (AvgIpc) is 3.03. The lowest BCUT2D eigenvalue weighted by atomic mass is 9.89. The zero-order chi connectivity index (χ0) is 19.9. The maximum absolute atomic E-state index is 12.1. The van der Waals surface area contributed by atoms with Crippen molar-refractivity contribution < 1.29 is 19.1 Å². The molecular weight excluding hydrogens is 376 g/mol. The smallest absolute Gasteiger partial charge is 0.309 e. The van der Waals surface area contributed by atoms with Crippen LogP contribution in [0.3, 0.4) is 0 Å². The fourth-order valence-electron chi connectivity index (χ4n) is 3.11. The van der Waals surface area contributed by atoms with Crippen LogP contribution in [0.4, 0.5) is 5.00 Å². The third-order valence-corrected chi connectivity index (χ3v) is 5.73. The van der Waals surface area contributed by atoms with E-state index in [2.05, 4.69) is 18.3 Å². The van der Waals surface area contributed by atoms with Crippen LogP contribution >= 0.6 is 11.3 Å². The van der Waals surface area contributed by atoms with E-state index in [1.807, 2.05) is 18.2 Å². The Morgan fingerprint density at radius 2 is 2.11 bits per heavy atom. The summed E-state index contributed by atoms with van der Waals surface area (Å²) >= 11 is 1.45. The Bertz CT molecular complexity index is 886. The van der Waals surface area contributed by atoms with E-state index in [0.717, 1.165) is 24.8 Å². The number of anilines is 1. The molecule has 6 nitrogen and oxygen atoms in total. The van der Waals surface area contributed by atoms with Crippen LogP contribution in [0.2, 0.25) is 0 Å². The standard InChI is InChI=1S/C21H22N2O4S/c1-14-7-8-16-17(12-22)21(28-18(16)11-14)23-19(24)13-27-20(25)9-10-26-15-5-3-2-4-6-15/h2-6,14H,7-11,13H2,1H3,(H,23,24)/t14-/m0/s1. The third kappa shape index (κ3) is 5.11. The first-order valence-corrected chi connectivity index (χ1v) is 10.1. The topological polar surface area (TPSA) is 88.4 Å². The van der Waals surface area contributed by atoms with E-state index in [1.54, 1.807) is 12.1 Å². The summed E-state index contributed by atoms with van der Waals surface area (Å²) < 4.78 is 10.4. The molecule has 3 rings (SSSR count). The van der Waals surface area contributed by atoms with Gasteiger partial charge in [0.1, 0.15) is 16.8 Å². The maximum atomic E-state index is 12.1. The molecule has 0 saturated heterocycles. The molecule has 1 aromatic heterocycles. The summed E-state index contributed by atoms with van der Waals surface area (Å²) in [6.45, 7) is 1.99. The molecule has 1 atom stereocenters. The summed E-state index contributed by atoms with van der Waals surface area (Å²) in [7, 11) is 0. The molecule has 0 spiro atoms. The number of nitrogens with zero attached hydrogens (tertiary/aromatic N) is 1. The number of amides is 1. The van der Waals surface area contributed by atoms with Gasteiger partial charge in [0.2, 0.25) is 0 Å². The van der Waals surface area contributed by atoms with Crippen LogP contribution < -0.4 is 10.1 Å². The molecule has 0 saturated carbocycles. The first-order chi connectivity index (χ1) is 13.6. The number of carbonyl (C=O) groups excluding carboxylic acids is 2. The van der Waals surface area contributed by atoms with Crippen molar-refractivity contribution in [2.75, 3.05) is 18.5 Å². The quantitative estimate of drug-likeness (QED) is 0.719. The van der Waals surface area contributed by atoms with Crippen molar-refractivity contribution in [3.63, 3.8) is 0 Å². The van der Waals surface area contributed by atoms with E-state index in [-0.39, 0.29) is 19.6 Å². The molecule has 0 radical (unpaired) electrons. The van der Waals surface area contributed by atoms with E-state index >= 15 is 0 Å². The van der Waals surface area contributed by atoms with Gasteiger partial charge < -0.3 is 14.8 Å². The van der Waals surface area contributed by atoms with Crippen LogP contribution in [-0.4, -0.2) is 25.1 Å². The molecule has 1 amide bonds. The van der Waals surface area contributed by atoms with Crippen LogP contribution in [0, 0.1) is 17.2 Å². The third-order valence-electron chi connectivity index (χ3n) is 4.56. The highest BCUT2D eigenvalue weighted by Gasteiger charge is 2.24. The van der Waals surface area contributed by atoms with Crippen molar-refractivity contribution in [1.82, 2.24) is 0 Å². The number of esters is 1. The highest BCUT2D eigenvalue weighted by atomic mass is 32.1. The minimum absolute atomic E-state index is 0.0524. The van der Waals surface area contributed by atoms with Crippen molar-refractivity contribution in [1.29, 1.82) is 5.26 Å². The van der Waals surface area contributed by atoms with Crippen molar-refractivity contribution in [3.05, 3.63) is 46.3 Å². The summed E-state index contributed by atoms with van der Waals surface area (Å²) in [5.74, 6) is 0.305. The monoisotopic (exact) mass is 398 g/mol. The second kappa shape index (κ2) is 9.38. The van der Waals surface area contributed by atoms with Gasteiger partial charge in [0, 0.05) is 4.88 Å². The van der Waals surface area contributed by atoms with Crippen molar-refractivity contribution >= 4 is 28.2 Å². The Balaban J connectivity index is 1.45. The van der Waals surface area contributed by atoms with Crippen LogP contribution in [0.1, 0.15) is 35.8 Å². The van der Waals surface area contributed by atoms with Gasteiger partial charge in [-0.1, -0.05) is 25.1 Å². The molecule has 1 aliphatic rings. The summed E-state index contributed by atoms with van der Waals surface area (Å²) in [6, 6.07) is 11.4. The Hall–Kier alpha value is -2.85. The van der Waals surface area contributed by atoms with Crippen LogP contribution in [-0.2, 0) is 27.2 Å². The number of rotatable bonds is 7. The van der Waals surface area contributed by atoms with E-state index < -0.39 is 11.9 Å². The van der Waals surface area contributed by atoms with E-state index in [1.165, 1.54) is 16.2 Å². The SMILES string of the molecule is C[C@H]1CCc2c(sc(NC(=O)COC(=O)CCOc3ccccc3)c2C#N)C1. The average molecular weight is 398 g/mol. The summed E-state index contributed by atoms with van der Waals surface area (Å²) in [5, 5.41) is 12.7. The number of ether oxygens (including phenoxy) is 2. The lowest BCUT2D eigenvalue weighted by Gasteiger charge is -2.17. The molecule has 0 aliphatic heterocycles. The Morgan fingerprint density at radius 3 is 2.86 bits per heavy atom. The van der Waals surface area contributed by atoms with Crippen molar-refractivity contribution in [2.45, 2.75) is 32.6 Å². The van der Waals surface area contributed by atoms with Crippen molar-refractivity contribution in [2.24, 2.45) is 5.92 Å². The molecule has 0 fully saturated rings. The number of benzene rings is 1. The lowest BCUT2D eigenvalue weighted by molar-refractivity contribution is -0.147. The zero-order valence-corrected chi connectivity index (χ0v) is 16.5.